The van der Waals surface area contributed by atoms with E-state index in [0.29, 0.717) is 28.1 Å². The van der Waals surface area contributed by atoms with Crippen molar-refractivity contribution in [3.8, 4) is 11.5 Å². The summed E-state index contributed by atoms with van der Waals surface area (Å²) < 4.78 is 40.0. The minimum absolute atomic E-state index is 0.00314. The lowest BCUT2D eigenvalue weighted by molar-refractivity contribution is -0.119. The van der Waals surface area contributed by atoms with E-state index in [2.05, 4.69) is 26.5 Å². The number of carbonyl (C=O) groups is 1. The second-order valence-corrected chi connectivity index (χ2v) is 12.5. The van der Waals surface area contributed by atoms with Crippen LogP contribution in [0.5, 0.6) is 11.5 Å². The highest BCUT2D eigenvalue weighted by atomic mass is 79.9. The van der Waals surface area contributed by atoms with Gasteiger partial charge in [-0.3, -0.25) is 9.10 Å². The average molecular weight is 691 g/mol. The van der Waals surface area contributed by atoms with Crippen LogP contribution in [0.3, 0.4) is 0 Å². The van der Waals surface area contributed by atoms with Gasteiger partial charge in [0.2, 0.25) is 0 Å². The number of aryl methyl sites for hydroxylation is 1. The Morgan fingerprint density at radius 2 is 1.74 bits per heavy atom. The Morgan fingerprint density at radius 3 is 2.43 bits per heavy atom. The normalized spacial score (nSPS) is 11.4. The Bertz CT molecular complexity index is 1700. The third-order valence-corrected chi connectivity index (χ3v) is 9.15. The maximum absolute atomic E-state index is 13.5. The van der Waals surface area contributed by atoms with Crippen LogP contribution in [0.25, 0.3) is 0 Å². The zero-order valence-electron chi connectivity index (χ0n) is 22.6. The van der Waals surface area contributed by atoms with E-state index in [1.54, 1.807) is 36.4 Å². The maximum Gasteiger partial charge on any atom is 0.264 e. The minimum atomic E-state index is -4.17. The molecule has 0 aliphatic carbocycles. The highest BCUT2D eigenvalue weighted by molar-refractivity contribution is 9.10. The smallest absolute Gasteiger partial charge is 0.264 e. The van der Waals surface area contributed by atoms with E-state index in [9.17, 15) is 13.2 Å². The molecule has 0 atom stereocenters. The highest BCUT2D eigenvalue weighted by Gasteiger charge is 2.29. The molecule has 8 nitrogen and oxygen atoms in total. The van der Waals surface area contributed by atoms with Gasteiger partial charge in [-0.1, -0.05) is 77.3 Å². The first-order valence-electron chi connectivity index (χ1n) is 12.5. The van der Waals surface area contributed by atoms with Gasteiger partial charge in [0.25, 0.3) is 15.9 Å². The molecule has 12 heteroatoms. The number of carbonyl (C=O) groups excluding carboxylic acids is 1. The van der Waals surface area contributed by atoms with Crippen molar-refractivity contribution in [1.29, 1.82) is 0 Å². The van der Waals surface area contributed by atoms with Crippen LogP contribution in [-0.4, -0.2) is 34.2 Å². The van der Waals surface area contributed by atoms with Gasteiger partial charge in [0.05, 0.1) is 38.4 Å². The van der Waals surface area contributed by atoms with Crippen molar-refractivity contribution in [2.45, 2.75) is 18.4 Å². The molecule has 0 aliphatic heterocycles. The number of ether oxygens (including phenoxy) is 2. The van der Waals surface area contributed by atoms with Crippen molar-refractivity contribution in [2.24, 2.45) is 5.10 Å². The summed E-state index contributed by atoms with van der Waals surface area (Å²) in [4.78, 5) is 12.9. The summed E-state index contributed by atoms with van der Waals surface area (Å²) in [5.41, 5.74) is 5.19. The number of hydrogen-bond donors (Lipinski definition) is 1. The van der Waals surface area contributed by atoms with E-state index in [0.717, 1.165) is 15.4 Å². The van der Waals surface area contributed by atoms with Crippen LogP contribution in [0.15, 0.2) is 99.4 Å². The van der Waals surface area contributed by atoms with Gasteiger partial charge in [0.15, 0.2) is 11.5 Å². The lowest BCUT2D eigenvalue weighted by atomic mass is 10.2. The molecule has 4 rings (SSSR count). The van der Waals surface area contributed by atoms with Gasteiger partial charge in [0, 0.05) is 0 Å². The molecule has 42 heavy (non-hydrogen) atoms. The number of hydrazone groups is 1. The van der Waals surface area contributed by atoms with Gasteiger partial charge in [-0.05, 0) is 70.4 Å². The number of methoxy groups -OCH3 is 1. The third-order valence-electron chi connectivity index (χ3n) is 5.98. The summed E-state index contributed by atoms with van der Waals surface area (Å²) in [6.45, 7) is 1.76. The molecule has 0 radical (unpaired) electrons. The van der Waals surface area contributed by atoms with Crippen molar-refractivity contribution in [1.82, 2.24) is 5.43 Å². The zero-order valence-corrected chi connectivity index (χ0v) is 26.5. The summed E-state index contributed by atoms with van der Waals surface area (Å²) in [5, 5.41) is 4.15. The highest BCUT2D eigenvalue weighted by Crippen LogP contribution is 2.37. The molecule has 0 spiro atoms. The van der Waals surface area contributed by atoms with Gasteiger partial charge in [-0.2, -0.15) is 5.10 Å². The van der Waals surface area contributed by atoms with E-state index in [-0.39, 0.29) is 20.6 Å². The first-order chi connectivity index (χ1) is 20.1. The number of nitrogens with zero attached hydrogens (tertiary/aromatic N) is 2. The predicted octanol–water partition coefficient (Wildman–Crippen LogP) is 7.00. The van der Waals surface area contributed by atoms with Gasteiger partial charge < -0.3 is 9.47 Å². The molecule has 0 fully saturated rings. The van der Waals surface area contributed by atoms with Crippen molar-refractivity contribution in [3.05, 3.63) is 116 Å². The SMILES string of the molecule is COc1cc(/C=N\NC(=O)CN(c2cccc(Cl)c2Cl)S(=O)(=O)c2ccccc2)cc(Br)c1OCc1ccc(C)cc1. The van der Waals surface area contributed by atoms with Crippen LogP contribution in [0, 0.1) is 6.92 Å². The van der Waals surface area contributed by atoms with Gasteiger partial charge in [-0.15, -0.1) is 0 Å². The fourth-order valence-corrected chi connectivity index (χ4v) is 6.32. The van der Waals surface area contributed by atoms with Crippen molar-refractivity contribution in [3.63, 3.8) is 0 Å². The van der Waals surface area contributed by atoms with E-state index in [1.165, 1.54) is 37.6 Å². The maximum atomic E-state index is 13.5. The van der Waals surface area contributed by atoms with E-state index in [1.807, 2.05) is 31.2 Å². The molecule has 4 aromatic carbocycles. The zero-order chi connectivity index (χ0) is 30.3. The molecular formula is C30H26BrCl2N3O5S. The molecule has 4 aromatic rings. The van der Waals surface area contributed by atoms with Crippen LogP contribution in [-0.2, 0) is 21.4 Å². The van der Waals surface area contributed by atoms with E-state index in [4.69, 9.17) is 32.7 Å². The molecular weight excluding hydrogens is 665 g/mol. The lowest BCUT2D eigenvalue weighted by Gasteiger charge is -2.24. The lowest BCUT2D eigenvalue weighted by Crippen LogP contribution is -2.39. The number of amides is 1. The molecule has 1 amide bonds. The molecule has 218 valence electrons. The number of sulfonamides is 1. The Hall–Kier alpha value is -3.57. The molecule has 0 heterocycles. The van der Waals surface area contributed by atoms with Crippen molar-refractivity contribution < 1.29 is 22.7 Å². The molecule has 0 unspecified atom stereocenters. The molecule has 0 saturated heterocycles. The Balaban J connectivity index is 1.50. The number of anilines is 1. The molecule has 1 N–H and O–H groups in total. The van der Waals surface area contributed by atoms with Gasteiger partial charge >= 0.3 is 0 Å². The average Bonchev–Trinajstić information content (AvgIpc) is 2.98. The molecule has 0 aliphatic rings. The quantitative estimate of drug-likeness (QED) is 0.135. The first-order valence-corrected chi connectivity index (χ1v) is 15.5. The second kappa shape index (κ2) is 14.1. The number of nitrogens with one attached hydrogen (secondary N) is 1. The van der Waals surface area contributed by atoms with Crippen molar-refractivity contribution >= 4 is 67.0 Å². The largest absolute Gasteiger partial charge is 0.493 e. The summed E-state index contributed by atoms with van der Waals surface area (Å²) in [7, 11) is -2.65. The predicted molar refractivity (Wildman–Crippen MR) is 169 cm³/mol. The van der Waals surface area contributed by atoms with Crippen LogP contribution >= 0.6 is 39.1 Å². The van der Waals surface area contributed by atoms with Crippen LogP contribution in [0.4, 0.5) is 5.69 Å². The Labute approximate surface area is 263 Å². The van der Waals surface area contributed by atoms with Gasteiger partial charge in [0.1, 0.15) is 13.2 Å². The number of hydrogen-bond acceptors (Lipinski definition) is 6. The van der Waals surface area contributed by atoms with Crippen LogP contribution in [0.1, 0.15) is 16.7 Å². The topological polar surface area (TPSA) is 97.3 Å². The van der Waals surface area contributed by atoms with Gasteiger partial charge in [-0.25, -0.2) is 13.8 Å². The molecule has 0 aromatic heterocycles. The number of benzene rings is 4. The Kier molecular flexibility index (Phi) is 10.5. The molecule has 0 bridgehead atoms. The number of halogens is 3. The van der Waals surface area contributed by atoms with Crippen molar-refractivity contribution in [2.75, 3.05) is 18.0 Å². The fraction of sp³-hybridized carbons (Fsp3) is 0.133. The Morgan fingerprint density at radius 1 is 1.02 bits per heavy atom. The summed E-state index contributed by atoms with van der Waals surface area (Å²) in [6, 6.07) is 23.7. The monoisotopic (exact) mass is 689 g/mol. The molecule has 0 saturated carbocycles. The summed E-state index contributed by atoms with van der Waals surface area (Å²) in [6.07, 6.45) is 1.40. The third kappa shape index (κ3) is 7.63. The fourth-order valence-electron chi connectivity index (χ4n) is 3.84. The second-order valence-electron chi connectivity index (χ2n) is 9.00. The van der Waals surface area contributed by atoms with Crippen LogP contribution < -0.4 is 19.2 Å². The van der Waals surface area contributed by atoms with E-state index >= 15 is 0 Å². The minimum Gasteiger partial charge on any atom is -0.493 e. The summed E-state index contributed by atoms with van der Waals surface area (Å²) in [5.74, 6) is 0.269. The standard InChI is InChI=1S/C30H26BrCl2N3O5S/c1-20-11-13-21(14-12-20)19-41-30-24(31)15-22(16-27(30)40-2)17-34-35-28(37)18-36(26-10-6-9-25(32)29(26)33)42(38,39)23-7-4-3-5-8-23/h3-17H,18-19H2,1-2H3,(H,35,37)/b34-17-. The van der Waals surface area contributed by atoms with Crippen LogP contribution in [0.2, 0.25) is 10.0 Å². The first kappa shape index (κ1) is 31.4. The summed E-state index contributed by atoms with van der Waals surface area (Å²) >= 11 is 16.0. The number of rotatable bonds is 11. The van der Waals surface area contributed by atoms with E-state index < -0.39 is 22.5 Å².